The van der Waals surface area contributed by atoms with Crippen LogP contribution in [0.25, 0.3) is 0 Å². The molecular weight excluding hydrogens is 270 g/mol. The Hall–Kier alpha value is -1.43. The molecule has 20 heavy (non-hydrogen) atoms. The van der Waals surface area contributed by atoms with Crippen LogP contribution >= 0.6 is 11.3 Å². The van der Waals surface area contributed by atoms with Crippen LogP contribution in [-0.2, 0) is 13.1 Å². The van der Waals surface area contributed by atoms with Gasteiger partial charge in [0.25, 0.3) is 0 Å². The summed E-state index contributed by atoms with van der Waals surface area (Å²) in [6.45, 7) is 4.89. The van der Waals surface area contributed by atoms with Gasteiger partial charge in [-0.15, -0.1) is 11.3 Å². The van der Waals surface area contributed by atoms with E-state index in [1.54, 1.807) is 11.3 Å². The molecule has 0 saturated heterocycles. The number of hydrogen-bond donors (Lipinski definition) is 1. The van der Waals surface area contributed by atoms with Crippen LogP contribution in [0.4, 0.5) is 0 Å². The summed E-state index contributed by atoms with van der Waals surface area (Å²) >= 11 is 1.69. The SMILES string of the molecule is Cc1nc(CN(C)CCOc2ccccc2CN)cs1. The van der Waals surface area contributed by atoms with Gasteiger partial charge in [0.1, 0.15) is 12.4 Å². The van der Waals surface area contributed by atoms with Gasteiger partial charge in [0.05, 0.1) is 10.7 Å². The highest BCUT2D eigenvalue weighted by atomic mass is 32.1. The summed E-state index contributed by atoms with van der Waals surface area (Å²) in [6, 6.07) is 7.91. The molecular formula is C15H21N3OS. The Balaban J connectivity index is 1.77. The minimum Gasteiger partial charge on any atom is -0.492 e. The second-order valence-electron chi connectivity index (χ2n) is 4.76. The van der Waals surface area contributed by atoms with E-state index in [0.29, 0.717) is 13.2 Å². The van der Waals surface area contributed by atoms with Crippen LogP contribution < -0.4 is 10.5 Å². The van der Waals surface area contributed by atoms with E-state index in [1.807, 2.05) is 31.2 Å². The minimum absolute atomic E-state index is 0.504. The molecule has 2 rings (SSSR count). The first-order valence-corrected chi connectivity index (χ1v) is 7.57. The molecule has 4 nitrogen and oxygen atoms in total. The number of para-hydroxylation sites is 1. The standard InChI is InChI=1S/C15H21N3OS/c1-12-17-14(11-20-12)10-18(2)7-8-19-15-6-4-3-5-13(15)9-16/h3-6,11H,7-10,16H2,1-2H3. The maximum Gasteiger partial charge on any atom is 0.123 e. The molecule has 1 aromatic heterocycles. The van der Waals surface area contributed by atoms with E-state index in [0.717, 1.165) is 35.1 Å². The van der Waals surface area contributed by atoms with Crippen molar-refractivity contribution in [3.8, 4) is 5.75 Å². The summed E-state index contributed by atoms with van der Waals surface area (Å²) in [4.78, 5) is 6.67. The van der Waals surface area contributed by atoms with Gasteiger partial charge in [-0.05, 0) is 20.0 Å². The first kappa shape index (κ1) is 15.0. The van der Waals surface area contributed by atoms with Gasteiger partial charge < -0.3 is 10.5 Å². The second-order valence-corrected chi connectivity index (χ2v) is 5.82. The van der Waals surface area contributed by atoms with Crippen molar-refractivity contribution in [3.05, 3.63) is 45.9 Å². The maximum atomic E-state index is 5.80. The summed E-state index contributed by atoms with van der Waals surface area (Å²) in [6.07, 6.45) is 0. The molecule has 0 spiro atoms. The third kappa shape index (κ3) is 4.30. The van der Waals surface area contributed by atoms with E-state index in [9.17, 15) is 0 Å². The Morgan fingerprint density at radius 2 is 2.15 bits per heavy atom. The molecule has 0 saturated carbocycles. The number of benzene rings is 1. The van der Waals surface area contributed by atoms with Crippen molar-refractivity contribution < 1.29 is 4.74 Å². The van der Waals surface area contributed by atoms with Gasteiger partial charge >= 0.3 is 0 Å². The molecule has 0 amide bonds. The fraction of sp³-hybridized carbons (Fsp3) is 0.400. The number of hydrogen-bond acceptors (Lipinski definition) is 5. The van der Waals surface area contributed by atoms with Gasteiger partial charge in [0, 0.05) is 30.6 Å². The lowest BCUT2D eigenvalue weighted by molar-refractivity contribution is 0.230. The highest BCUT2D eigenvalue weighted by Gasteiger charge is 2.05. The Morgan fingerprint density at radius 3 is 2.85 bits per heavy atom. The van der Waals surface area contributed by atoms with Crippen molar-refractivity contribution in [2.75, 3.05) is 20.2 Å². The summed E-state index contributed by atoms with van der Waals surface area (Å²) in [5.74, 6) is 0.882. The molecule has 0 aliphatic heterocycles. The Morgan fingerprint density at radius 1 is 1.35 bits per heavy atom. The minimum atomic E-state index is 0.504. The van der Waals surface area contributed by atoms with Crippen molar-refractivity contribution in [1.82, 2.24) is 9.88 Å². The van der Waals surface area contributed by atoms with Crippen molar-refractivity contribution in [1.29, 1.82) is 0 Å². The van der Waals surface area contributed by atoms with E-state index < -0.39 is 0 Å². The monoisotopic (exact) mass is 291 g/mol. The van der Waals surface area contributed by atoms with E-state index in [2.05, 4.69) is 22.3 Å². The molecule has 0 aliphatic carbocycles. The number of aromatic nitrogens is 1. The first-order chi connectivity index (χ1) is 9.69. The van der Waals surface area contributed by atoms with E-state index >= 15 is 0 Å². The predicted octanol–water partition coefficient (Wildman–Crippen LogP) is 2.42. The Kier molecular flexibility index (Phi) is 5.52. The van der Waals surface area contributed by atoms with Crippen molar-refractivity contribution in [2.24, 2.45) is 5.73 Å². The average molecular weight is 291 g/mol. The summed E-state index contributed by atoms with van der Waals surface area (Å²) in [5.41, 5.74) is 7.86. The molecule has 108 valence electrons. The van der Waals surface area contributed by atoms with Crippen LogP contribution in [0.1, 0.15) is 16.3 Å². The molecule has 0 fully saturated rings. The predicted molar refractivity (Wildman–Crippen MR) is 83.0 cm³/mol. The summed E-state index contributed by atoms with van der Waals surface area (Å²) in [5, 5.41) is 3.22. The molecule has 2 aromatic rings. The Labute approximate surface area is 124 Å². The van der Waals surface area contributed by atoms with Gasteiger partial charge in [-0.1, -0.05) is 18.2 Å². The fourth-order valence-electron chi connectivity index (χ4n) is 1.96. The largest absolute Gasteiger partial charge is 0.492 e. The van der Waals surface area contributed by atoms with Crippen LogP contribution in [0.3, 0.4) is 0 Å². The second kappa shape index (κ2) is 7.38. The quantitative estimate of drug-likeness (QED) is 0.851. The van der Waals surface area contributed by atoms with E-state index in [-0.39, 0.29) is 0 Å². The van der Waals surface area contributed by atoms with Gasteiger partial charge in [-0.2, -0.15) is 0 Å². The molecule has 1 aromatic carbocycles. The average Bonchev–Trinajstić information content (AvgIpc) is 2.84. The number of nitrogens with two attached hydrogens (primary N) is 1. The molecule has 1 heterocycles. The van der Waals surface area contributed by atoms with E-state index in [1.165, 1.54) is 0 Å². The number of likely N-dealkylation sites (N-methyl/N-ethyl adjacent to an activating group) is 1. The van der Waals surface area contributed by atoms with Gasteiger partial charge in [0.2, 0.25) is 0 Å². The third-order valence-corrected chi connectivity index (χ3v) is 3.84. The molecule has 5 heteroatoms. The van der Waals surface area contributed by atoms with Crippen molar-refractivity contribution in [2.45, 2.75) is 20.0 Å². The number of rotatable bonds is 7. The number of thiazole rings is 1. The van der Waals surface area contributed by atoms with E-state index in [4.69, 9.17) is 10.5 Å². The third-order valence-electron chi connectivity index (χ3n) is 3.02. The zero-order valence-electron chi connectivity index (χ0n) is 12.0. The zero-order chi connectivity index (χ0) is 14.4. The van der Waals surface area contributed by atoms with Gasteiger partial charge in [0.15, 0.2) is 0 Å². The smallest absolute Gasteiger partial charge is 0.123 e. The maximum absolute atomic E-state index is 5.80. The van der Waals surface area contributed by atoms with Crippen molar-refractivity contribution >= 4 is 11.3 Å². The zero-order valence-corrected chi connectivity index (χ0v) is 12.8. The summed E-state index contributed by atoms with van der Waals surface area (Å²) < 4.78 is 5.80. The Bertz CT molecular complexity index is 541. The fourth-order valence-corrected chi connectivity index (χ4v) is 2.56. The van der Waals surface area contributed by atoms with Crippen LogP contribution in [0, 0.1) is 6.92 Å². The lowest BCUT2D eigenvalue weighted by Crippen LogP contribution is -2.24. The molecule has 2 N–H and O–H groups in total. The molecule has 0 bridgehead atoms. The van der Waals surface area contributed by atoms with Crippen LogP contribution in [-0.4, -0.2) is 30.1 Å². The topological polar surface area (TPSA) is 51.4 Å². The van der Waals surface area contributed by atoms with Crippen LogP contribution in [0.2, 0.25) is 0 Å². The lowest BCUT2D eigenvalue weighted by atomic mass is 10.2. The highest BCUT2D eigenvalue weighted by molar-refractivity contribution is 7.09. The normalized spacial score (nSPS) is 11.0. The van der Waals surface area contributed by atoms with Crippen LogP contribution in [0.5, 0.6) is 5.75 Å². The summed E-state index contributed by atoms with van der Waals surface area (Å²) in [7, 11) is 2.08. The lowest BCUT2D eigenvalue weighted by Gasteiger charge is -2.16. The molecule has 0 atom stereocenters. The molecule has 0 aliphatic rings. The number of aryl methyl sites for hydroxylation is 1. The van der Waals surface area contributed by atoms with Crippen LogP contribution in [0.15, 0.2) is 29.6 Å². The molecule has 0 unspecified atom stereocenters. The first-order valence-electron chi connectivity index (χ1n) is 6.69. The molecule has 0 radical (unpaired) electrons. The van der Waals surface area contributed by atoms with Crippen molar-refractivity contribution in [3.63, 3.8) is 0 Å². The van der Waals surface area contributed by atoms with Gasteiger partial charge in [-0.3, -0.25) is 4.90 Å². The van der Waals surface area contributed by atoms with Gasteiger partial charge in [-0.25, -0.2) is 4.98 Å². The number of ether oxygens (including phenoxy) is 1. The number of nitrogens with zero attached hydrogens (tertiary/aromatic N) is 2. The highest BCUT2D eigenvalue weighted by Crippen LogP contribution is 2.17.